The van der Waals surface area contributed by atoms with Gasteiger partial charge in [-0.25, -0.2) is 14.4 Å². The van der Waals surface area contributed by atoms with Gasteiger partial charge < -0.3 is 4.90 Å². The first-order chi connectivity index (χ1) is 10.0. The van der Waals surface area contributed by atoms with Crippen LogP contribution in [-0.2, 0) is 0 Å². The molecule has 4 nitrogen and oxygen atoms in total. The number of carbonyl (C=O) groups is 1. The van der Waals surface area contributed by atoms with Crippen molar-refractivity contribution in [3.05, 3.63) is 58.9 Å². The highest BCUT2D eigenvalue weighted by Crippen LogP contribution is 2.28. The Bertz CT molecular complexity index is 678. The Morgan fingerprint density at radius 1 is 1.24 bits per heavy atom. The van der Waals surface area contributed by atoms with E-state index in [4.69, 9.17) is 0 Å². The monoisotopic (exact) mass is 285 g/mol. The fraction of sp³-hybridized carbons (Fsp3) is 0.312. The van der Waals surface area contributed by atoms with Gasteiger partial charge in [-0.3, -0.25) is 4.79 Å². The number of carbonyl (C=O) groups excluding carboxylic acids is 1. The molecule has 21 heavy (non-hydrogen) atoms. The molecule has 1 fully saturated rings. The molecule has 2 heterocycles. The standard InChI is InChI=1S/C16H16FN3O/c1-10-15(7-18-11(2)19-10)16(21)20-8-13(9-20)12-3-5-14(17)6-4-12/h3-7,13H,8-9H2,1-2H3. The fourth-order valence-electron chi connectivity index (χ4n) is 2.55. The number of halogens is 1. The molecule has 1 aliphatic heterocycles. The lowest BCUT2D eigenvalue weighted by Crippen LogP contribution is -2.48. The molecule has 1 aromatic heterocycles. The number of rotatable bonds is 2. The van der Waals surface area contributed by atoms with Crippen LogP contribution in [0.3, 0.4) is 0 Å². The summed E-state index contributed by atoms with van der Waals surface area (Å²) in [6, 6.07) is 6.47. The normalized spacial score (nSPS) is 14.9. The minimum absolute atomic E-state index is 0.0362. The minimum Gasteiger partial charge on any atom is -0.337 e. The zero-order valence-electron chi connectivity index (χ0n) is 12.0. The maximum atomic E-state index is 12.9. The van der Waals surface area contributed by atoms with Crippen LogP contribution >= 0.6 is 0 Å². The van der Waals surface area contributed by atoms with Crippen molar-refractivity contribution in [2.45, 2.75) is 19.8 Å². The van der Waals surface area contributed by atoms with Crippen LogP contribution in [0.15, 0.2) is 30.5 Å². The number of hydrogen-bond donors (Lipinski definition) is 0. The Balaban J connectivity index is 1.68. The van der Waals surface area contributed by atoms with E-state index in [-0.39, 0.29) is 17.6 Å². The number of hydrogen-bond acceptors (Lipinski definition) is 3. The summed E-state index contributed by atoms with van der Waals surface area (Å²) in [5, 5.41) is 0. The van der Waals surface area contributed by atoms with E-state index in [2.05, 4.69) is 9.97 Å². The average molecular weight is 285 g/mol. The third-order valence-corrected chi connectivity index (χ3v) is 3.84. The molecule has 0 bridgehead atoms. The first kappa shape index (κ1) is 13.7. The molecule has 1 amide bonds. The number of amides is 1. The molecule has 3 rings (SSSR count). The lowest BCUT2D eigenvalue weighted by molar-refractivity contribution is 0.0600. The van der Waals surface area contributed by atoms with E-state index in [1.165, 1.54) is 12.1 Å². The van der Waals surface area contributed by atoms with Gasteiger partial charge in [-0.15, -0.1) is 0 Å². The molecule has 0 atom stereocenters. The van der Waals surface area contributed by atoms with Gasteiger partial charge in [0.1, 0.15) is 11.6 Å². The summed E-state index contributed by atoms with van der Waals surface area (Å²) in [6.45, 7) is 4.92. The minimum atomic E-state index is -0.238. The summed E-state index contributed by atoms with van der Waals surface area (Å²) in [5.74, 6) is 0.669. The second-order valence-electron chi connectivity index (χ2n) is 5.37. The summed E-state index contributed by atoms with van der Waals surface area (Å²) in [7, 11) is 0. The maximum absolute atomic E-state index is 12.9. The van der Waals surface area contributed by atoms with Crippen LogP contribution in [0.4, 0.5) is 4.39 Å². The summed E-state index contributed by atoms with van der Waals surface area (Å²) in [5.41, 5.74) is 2.33. The smallest absolute Gasteiger partial charge is 0.257 e. The molecule has 0 spiro atoms. The lowest BCUT2D eigenvalue weighted by atomic mass is 9.91. The predicted octanol–water partition coefficient (Wildman–Crippen LogP) is 2.47. The van der Waals surface area contributed by atoms with Gasteiger partial charge in [0.25, 0.3) is 5.91 Å². The number of aryl methyl sites for hydroxylation is 2. The van der Waals surface area contributed by atoms with Gasteiger partial charge in [0.05, 0.1) is 11.3 Å². The zero-order chi connectivity index (χ0) is 15.0. The molecular weight excluding hydrogens is 269 g/mol. The van der Waals surface area contributed by atoms with E-state index in [0.29, 0.717) is 30.2 Å². The van der Waals surface area contributed by atoms with Gasteiger partial charge in [-0.05, 0) is 31.5 Å². The van der Waals surface area contributed by atoms with Gasteiger partial charge in [0, 0.05) is 25.2 Å². The van der Waals surface area contributed by atoms with Crippen molar-refractivity contribution in [3.63, 3.8) is 0 Å². The van der Waals surface area contributed by atoms with Gasteiger partial charge in [-0.2, -0.15) is 0 Å². The molecule has 0 unspecified atom stereocenters. The van der Waals surface area contributed by atoms with Gasteiger partial charge in [0.15, 0.2) is 0 Å². The highest BCUT2D eigenvalue weighted by Gasteiger charge is 2.33. The van der Waals surface area contributed by atoms with Crippen LogP contribution in [0.5, 0.6) is 0 Å². The van der Waals surface area contributed by atoms with E-state index in [9.17, 15) is 9.18 Å². The van der Waals surface area contributed by atoms with Crippen molar-refractivity contribution >= 4 is 5.91 Å². The molecule has 0 saturated carbocycles. The Morgan fingerprint density at radius 2 is 1.90 bits per heavy atom. The van der Waals surface area contributed by atoms with Crippen molar-refractivity contribution in [2.75, 3.05) is 13.1 Å². The van der Waals surface area contributed by atoms with Crippen molar-refractivity contribution < 1.29 is 9.18 Å². The molecule has 0 radical (unpaired) electrons. The van der Waals surface area contributed by atoms with E-state index in [1.807, 2.05) is 6.92 Å². The quantitative estimate of drug-likeness (QED) is 0.851. The largest absolute Gasteiger partial charge is 0.337 e. The van der Waals surface area contributed by atoms with E-state index in [1.54, 1.807) is 30.2 Å². The molecular formula is C16H16FN3O. The molecule has 1 aliphatic rings. The van der Waals surface area contributed by atoms with E-state index in [0.717, 1.165) is 5.56 Å². The summed E-state index contributed by atoms with van der Waals surface area (Å²) in [6.07, 6.45) is 1.59. The Morgan fingerprint density at radius 3 is 2.52 bits per heavy atom. The molecule has 1 aromatic carbocycles. The predicted molar refractivity (Wildman–Crippen MR) is 76.6 cm³/mol. The first-order valence-corrected chi connectivity index (χ1v) is 6.89. The number of likely N-dealkylation sites (tertiary alicyclic amines) is 1. The summed E-state index contributed by atoms with van der Waals surface area (Å²) >= 11 is 0. The van der Waals surface area contributed by atoms with Crippen LogP contribution < -0.4 is 0 Å². The lowest BCUT2D eigenvalue weighted by Gasteiger charge is -2.39. The van der Waals surface area contributed by atoms with Crippen molar-refractivity contribution in [3.8, 4) is 0 Å². The second kappa shape index (κ2) is 5.24. The SMILES string of the molecule is Cc1ncc(C(=O)N2CC(c3ccc(F)cc3)C2)c(C)n1. The van der Waals surface area contributed by atoms with Crippen molar-refractivity contribution in [1.82, 2.24) is 14.9 Å². The molecule has 1 saturated heterocycles. The number of aromatic nitrogens is 2. The average Bonchev–Trinajstić information content (AvgIpc) is 2.39. The van der Waals surface area contributed by atoms with E-state index >= 15 is 0 Å². The second-order valence-corrected chi connectivity index (χ2v) is 5.37. The van der Waals surface area contributed by atoms with Crippen LogP contribution in [0.1, 0.15) is 33.4 Å². The molecule has 0 N–H and O–H groups in total. The fourth-order valence-corrected chi connectivity index (χ4v) is 2.55. The Hall–Kier alpha value is -2.30. The highest BCUT2D eigenvalue weighted by atomic mass is 19.1. The first-order valence-electron chi connectivity index (χ1n) is 6.89. The van der Waals surface area contributed by atoms with Crippen LogP contribution in [0.25, 0.3) is 0 Å². The van der Waals surface area contributed by atoms with Crippen molar-refractivity contribution in [1.29, 1.82) is 0 Å². The zero-order valence-corrected chi connectivity index (χ0v) is 12.0. The highest BCUT2D eigenvalue weighted by molar-refractivity contribution is 5.95. The van der Waals surface area contributed by atoms with E-state index < -0.39 is 0 Å². The third-order valence-electron chi connectivity index (χ3n) is 3.84. The Labute approximate surface area is 122 Å². The molecule has 2 aromatic rings. The Kier molecular flexibility index (Phi) is 3.41. The number of benzene rings is 1. The van der Waals surface area contributed by atoms with Crippen LogP contribution in [0, 0.1) is 19.7 Å². The molecule has 108 valence electrons. The third kappa shape index (κ3) is 2.63. The topological polar surface area (TPSA) is 46.1 Å². The van der Waals surface area contributed by atoms with Gasteiger partial charge >= 0.3 is 0 Å². The number of nitrogens with zero attached hydrogens (tertiary/aromatic N) is 3. The van der Waals surface area contributed by atoms with Crippen LogP contribution in [-0.4, -0.2) is 33.9 Å². The van der Waals surface area contributed by atoms with Crippen molar-refractivity contribution in [2.24, 2.45) is 0 Å². The molecule has 5 heteroatoms. The van der Waals surface area contributed by atoms with Gasteiger partial charge in [-0.1, -0.05) is 12.1 Å². The molecule has 0 aliphatic carbocycles. The summed E-state index contributed by atoms with van der Waals surface area (Å²) < 4.78 is 12.9. The maximum Gasteiger partial charge on any atom is 0.257 e. The summed E-state index contributed by atoms with van der Waals surface area (Å²) in [4.78, 5) is 22.5. The van der Waals surface area contributed by atoms with Gasteiger partial charge in [0.2, 0.25) is 0 Å². The van der Waals surface area contributed by atoms with Crippen LogP contribution in [0.2, 0.25) is 0 Å².